The lowest BCUT2D eigenvalue weighted by Crippen LogP contribution is -2.34. The normalized spacial score (nSPS) is 18.1. The van der Waals surface area contributed by atoms with Gasteiger partial charge in [-0.3, -0.25) is 4.79 Å². The van der Waals surface area contributed by atoms with Crippen LogP contribution in [0, 0.1) is 0 Å². The summed E-state index contributed by atoms with van der Waals surface area (Å²) in [6, 6.07) is 0. The van der Waals surface area contributed by atoms with Crippen molar-refractivity contribution in [2.75, 3.05) is 0 Å². The lowest BCUT2D eigenvalue weighted by atomic mass is 10.1. The minimum absolute atomic E-state index is 1.02. The maximum absolute atomic E-state index is 12.1. The van der Waals surface area contributed by atoms with Gasteiger partial charge in [-0.25, -0.2) is 0 Å². The highest BCUT2D eigenvalue weighted by Gasteiger charge is 2.50. The van der Waals surface area contributed by atoms with Crippen molar-refractivity contribution in [2.24, 2.45) is 5.10 Å². The molecule has 1 aliphatic heterocycles. The number of carbonyl (C=O) groups is 1. The van der Waals surface area contributed by atoms with E-state index in [1.54, 1.807) is 0 Å². The molecular weight excluding hydrogens is 230 g/mol. The van der Waals surface area contributed by atoms with E-state index in [0.717, 1.165) is 6.21 Å². The van der Waals surface area contributed by atoms with Gasteiger partial charge in [-0.1, -0.05) is 0 Å². The largest absolute Gasteiger partial charge is 0.422 e. The van der Waals surface area contributed by atoms with Crippen LogP contribution in [0.25, 0.3) is 0 Å². The van der Waals surface area contributed by atoms with Crippen LogP contribution in [0.1, 0.15) is 0 Å². The van der Waals surface area contributed by atoms with Gasteiger partial charge in [0.15, 0.2) is 0 Å². The van der Waals surface area contributed by atoms with Crippen molar-refractivity contribution in [3.8, 4) is 0 Å². The fourth-order valence-electron chi connectivity index (χ4n) is 0.801. The predicted molar refractivity (Wildman–Crippen MR) is 33.7 cm³/mol. The van der Waals surface area contributed by atoms with Gasteiger partial charge >= 0.3 is 18.3 Å². The van der Waals surface area contributed by atoms with Crippen molar-refractivity contribution in [3.63, 3.8) is 0 Å². The van der Waals surface area contributed by atoms with Gasteiger partial charge in [0.25, 0.3) is 0 Å². The number of carbonyl (C=O) groups excluding carboxylic acids is 1. The molecule has 0 bridgehead atoms. The van der Waals surface area contributed by atoms with Gasteiger partial charge in [0.1, 0.15) is 17.4 Å². The molecule has 1 heterocycles. The average Bonchev–Trinajstić information content (AvgIpc) is 1.99. The Morgan fingerprint density at radius 1 is 1.00 bits per heavy atom. The first-order valence-electron chi connectivity index (χ1n) is 3.24. The Kier molecular flexibility index (Phi) is 2.49. The molecule has 2 radical (unpaired) electrons. The molecule has 1 amide bonds. The summed E-state index contributed by atoms with van der Waals surface area (Å²) in [6.45, 7) is 0. The van der Waals surface area contributed by atoms with E-state index in [1.165, 1.54) is 0 Å². The first-order valence-corrected chi connectivity index (χ1v) is 3.24. The third kappa shape index (κ3) is 2.28. The summed E-state index contributed by atoms with van der Waals surface area (Å²) < 4.78 is 72.2. The maximum atomic E-state index is 12.1. The summed E-state index contributed by atoms with van der Waals surface area (Å²) in [5, 5.41) is 2.42. The quantitative estimate of drug-likeness (QED) is 0.580. The average molecular weight is 230 g/mol. The molecule has 9 heteroatoms. The van der Waals surface area contributed by atoms with Crippen LogP contribution >= 0.6 is 0 Å². The molecule has 0 aromatic rings. The van der Waals surface area contributed by atoms with E-state index in [1.807, 2.05) is 0 Å². The van der Waals surface area contributed by atoms with Crippen LogP contribution in [0.4, 0.5) is 26.3 Å². The smallest absolute Gasteiger partial charge is 0.265 e. The number of allylic oxidation sites excluding steroid dienone is 1. The van der Waals surface area contributed by atoms with Crippen molar-refractivity contribution in [1.29, 1.82) is 0 Å². The Morgan fingerprint density at radius 3 is 1.87 bits per heavy atom. The third-order valence-corrected chi connectivity index (χ3v) is 1.33. The molecule has 0 saturated heterocycles. The molecule has 0 aliphatic carbocycles. The van der Waals surface area contributed by atoms with Crippen molar-refractivity contribution < 1.29 is 31.1 Å². The van der Waals surface area contributed by atoms with E-state index >= 15 is 0 Å². The predicted octanol–water partition coefficient (Wildman–Crippen LogP) is 1.42. The molecular formula is C6F6N2O. The van der Waals surface area contributed by atoms with Gasteiger partial charge < -0.3 is 0 Å². The van der Waals surface area contributed by atoms with Gasteiger partial charge in [-0.15, -0.1) is 10.5 Å². The molecule has 0 aromatic carbocycles. The number of halogens is 6. The van der Waals surface area contributed by atoms with E-state index in [0.29, 0.717) is 0 Å². The summed E-state index contributed by atoms with van der Waals surface area (Å²) >= 11 is 0. The summed E-state index contributed by atoms with van der Waals surface area (Å²) in [5.74, 6) is -2.08. The highest BCUT2D eigenvalue weighted by molar-refractivity contribution is 6.04. The second-order valence-corrected chi connectivity index (χ2v) is 2.36. The fourth-order valence-corrected chi connectivity index (χ4v) is 0.801. The zero-order chi connectivity index (χ0) is 11.9. The van der Waals surface area contributed by atoms with E-state index in [4.69, 9.17) is 0 Å². The Morgan fingerprint density at radius 2 is 1.53 bits per heavy atom. The lowest BCUT2D eigenvalue weighted by Gasteiger charge is -2.16. The third-order valence-electron chi connectivity index (χ3n) is 1.33. The standard InChI is InChI=1S/C6F6N2O/c7-5(8,9)2-1-13-14-4(15)3(2)6(10,11)12. The Labute approximate surface area is 78.4 Å². The summed E-state index contributed by atoms with van der Waals surface area (Å²) in [7, 11) is 0. The van der Waals surface area contributed by atoms with E-state index in [9.17, 15) is 31.1 Å². The number of nitrogens with zero attached hydrogens (tertiary/aromatic N) is 2. The Bertz CT molecular complexity index is 350. The zero-order valence-corrected chi connectivity index (χ0v) is 6.57. The summed E-state index contributed by atoms with van der Waals surface area (Å²) in [4.78, 5) is 10.5. The molecule has 1 rings (SSSR count). The van der Waals surface area contributed by atoms with Crippen LogP contribution in [0.2, 0.25) is 0 Å². The van der Waals surface area contributed by atoms with E-state index in [-0.39, 0.29) is 0 Å². The molecule has 0 spiro atoms. The Hall–Kier alpha value is -1.54. The monoisotopic (exact) mass is 230 g/mol. The number of hydrogen-bond donors (Lipinski definition) is 0. The van der Waals surface area contributed by atoms with Gasteiger partial charge in [-0.2, -0.15) is 26.3 Å². The fraction of sp³-hybridized carbons (Fsp3) is 0.333. The van der Waals surface area contributed by atoms with Crippen molar-refractivity contribution in [2.45, 2.75) is 12.4 Å². The van der Waals surface area contributed by atoms with Crippen LogP contribution in [0.5, 0.6) is 0 Å². The molecule has 1 aliphatic rings. The van der Waals surface area contributed by atoms with Crippen LogP contribution in [0.3, 0.4) is 0 Å². The zero-order valence-electron chi connectivity index (χ0n) is 6.57. The molecule has 0 fully saturated rings. The second-order valence-electron chi connectivity index (χ2n) is 2.36. The van der Waals surface area contributed by atoms with Crippen molar-refractivity contribution in [1.82, 2.24) is 5.43 Å². The lowest BCUT2D eigenvalue weighted by molar-refractivity contribution is -0.136. The van der Waals surface area contributed by atoms with Crippen LogP contribution < -0.4 is 5.43 Å². The van der Waals surface area contributed by atoms with Gasteiger partial charge in [0, 0.05) is 0 Å². The van der Waals surface area contributed by atoms with E-state index < -0.39 is 29.4 Å². The minimum Gasteiger partial charge on any atom is -0.265 e. The maximum Gasteiger partial charge on any atom is 0.422 e. The van der Waals surface area contributed by atoms with Crippen molar-refractivity contribution >= 4 is 12.1 Å². The number of amides is 1. The van der Waals surface area contributed by atoms with Crippen LogP contribution in [-0.2, 0) is 4.79 Å². The molecule has 0 N–H and O–H groups in total. The first kappa shape index (κ1) is 11.5. The van der Waals surface area contributed by atoms with Crippen molar-refractivity contribution in [3.05, 3.63) is 11.1 Å². The number of rotatable bonds is 0. The Balaban J connectivity index is 3.37. The number of alkyl halides is 6. The molecule has 0 aromatic heterocycles. The SMILES string of the molecule is O=C1[N]N=[C]C(C(F)(F)F)=C1C(F)(F)F. The van der Waals surface area contributed by atoms with Crippen LogP contribution in [0.15, 0.2) is 16.2 Å². The van der Waals surface area contributed by atoms with Gasteiger partial charge in [0.2, 0.25) is 0 Å². The highest BCUT2D eigenvalue weighted by Crippen LogP contribution is 2.36. The highest BCUT2D eigenvalue weighted by atomic mass is 19.4. The van der Waals surface area contributed by atoms with E-state index in [2.05, 4.69) is 10.5 Å². The van der Waals surface area contributed by atoms with Gasteiger partial charge in [0.05, 0.1) is 0 Å². The first-order chi connectivity index (χ1) is 6.64. The minimum atomic E-state index is -5.44. The molecule has 0 atom stereocenters. The van der Waals surface area contributed by atoms with Gasteiger partial charge in [-0.05, 0) is 0 Å². The second kappa shape index (κ2) is 3.24. The topological polar surface area (TPSA) is 43.5 Å². The molecule has 3 nitrogen and oxygen atoms in total. The van der Waals surface area contributed by atoms with Crippen LogP contribution in [-0.4, -0.2) is 24.5 Å². The molecule has 15 heavy (non-hydrogen) atoms. The summed E-state index contributed by atoms with van der Waals surface area (Å²) in [5.41, 5.74) is -2.31. The number of hydrogen-bond acceptors (Lipinski definition) is 2. The molecule has 0 saturated carbocycles. The molecule has 0 unspecified atom stereocenters. The summed E-state index contributed by atoms with van der Waals surface area (Å²) in [6.07, 6.45) is -9.77. The molecule has 82 valence electrons.